The van der Waals surface area contributed by atoms with Crippen molar-refractivity contribution in [2.75, 3.05) is 36.1 Å². The van der Waals surface area contributed by atoms with Crippen LogP contribution in [0.15, 0.2) is 83.3 Å². The van der Waals surface area contributed by atoms with E-state index in [1.807, 2.05) is 72.0 Å². The molecule has 0 bridgehead atoms. The molecule has 9 nitrogen and oxygen atoms in total. The zero-order chi connectivity index (χ0) is 26.6. The maximum Gasteiger partial charge on any atom is 0.421 e. The minimum absolute atomic E-state index is 0.133. The van der Waals surface area contributed by atoms with Crippen LogP contribution in [-0.4, -0.2) is 36.3 Å². The van der Waals surface area contributed by atoms with E-state index in [-0.39, 0.29) is 11.6 Å². The number of rotatable bonds is 9. The van der Waals surface area contributed by atoms with Gasteiger partial charge in [-0.2, -0.15) is 0 Å². The Morgan fingerprint density at radius 2 is 1.45 bits per heavy atom. The molecule has 0 unspecified atom stereocenters. The number of nitrogens with one attached hydrogen (secondary N) is 3. The van der Waals surface area contributed by atoms with Crippen LogP contribution in [0.3, 0.4) is 0 Å². The molecule has 5 rings (SSSR count). The molecule has 9 heteroatoms. The summed E-state index contributed by atoms with van der Waals surface area (Å²) in [6, 6.07) is 18.5. The first-order valence-corrected chi connectivity index (χ1v) is 12.5. The Morgan fingerprint density at radius 1 is 0.816 bits per heavy atom. The molecule has 1 aliphatic carbocycles. The summed E-state index contributed by atoms with van der Waals surface area (Å²) in [5, 5.41) is 18.5. The summed E-state index contributed by atoms with van der Waals surface area (Å²) >= 11 is 0. The van der Waals surface area contributed by atoms with Crippen molar-refractivity contribution in [3.63, 3.8) is 0 Å². The van der Waals surface area contributed by atoms with Gasteiger partial charge in [-0.05, 0) is 42.8 Å². The number of aromatic nitrogens is 2. The number of hydrogen-bond donors (Lipinski definition) is 3. The number of nitrogens with zero attached hydrogens (tertiary/aromatic N) is 4. The third-order valence-electron chi connectivity index (χ3n) is 6.61. The van der Waals surface area contributed by atoms with E-state index >= 15 is 0 Å². The van der Waals surface area contributed by atoms with Crippen LogP contribution in [-0.2, 0) is 14.1 Å². The standard InChI is InChI=1S/C29H29N7O2/c1-30-23-13-14-24(26-25(23)27(37)21-7-4-5-8-22(21)28(26)38)32-16-6-15-31-19-9-11-20(12-10-19)33-34-29-35(2)17-18-36(29)3/h4-5,7-14,17-18H,6,15-16H2,1-3H3,(H2,30,31,32,33,37,38)/p+1. The van der Waals surface area contributed by atoms with Crippen molar-refractivity contribution in [3.8, 4) is 0 Å². The Bertz CT molecular complexity index is 1520. The summed E-state index contributed by atoms with van der Waals surface area (Å²) in [5.74, 6) is 0.494. The fraction of sp³-hybridized carbons (Fsp3) is 0.207. The van der Waals surface area contributed by atoms with Gasteiger partial charge in [0, 0.05) is 53.4 Å². The third kappa shape index (κ3) is 4.78. The van der Waals surface area contributed by atoms with Gasteiger partial charge in [0.2, 0.25) is 0 Å². The molecule has 0 spiro atoms. The summed E-state index contributed by atoms with van der Waals surface area (Å²) in [5.41, 5.74) is 4.84. The summed E-state index contributed by atoms with van der Waals surface area (Å²) in [4.78, 5) is 26.6. The largest absolute Gasteiger partial charge is 0.421 e. The molecule has 192 valence electrons. The Morgan fingerprint density at radius 3 is 2.08 bits per heavy atom. The molecule has 1 heterocycles. The summed E-state index contributed by atoms with van der Waals surface area (Å²) in [7, 11) is 5.61. The van der Waals surface area contributed by atoms with E-state index in [0.29, 0.717) is 40.2 Å². The lowest BCUT2D eigenvalue weighted by atomic mass is 9.82. The predicted octanol–water partition coefficient (Wildman–Crippen LogP) is 5.00. The topological polar surface area (TPSA) is 104 Å². The summed E-state index contributed by atoms with van der Waals surface area (Å²) in [6.45, 7) is 1.38. The van der Waals surface area contributed by atoms with Gasteiger partial charge >= 0.3 is 5.95 Å². The lowest BCUT2D eigenvalue weighted by Crippen LogP contribution is -2.25. The molecular weight excluding hydrogens is 478 g/mol. The Balaban J connectivity index is 1.19. The molecule has 0 aliphatic heterocycles. The third-order valence-corrected chi connectivity index (χ3v) is 6.61. The van der Waals surface area contributed by atoms with Gasteiger partial charge in [0.05, 0.1) is 37.6 Å². The number of aryl methyl sites for hydroxylation is 2. The van der Waals surface area contributed by atoms with Gasteiger partial charge in [-0.25, -0.2) is 9.13 Å². The Labute approximate surface area is 221 Å². The summed E-state index contributed by atoms with van der Waals surface area (Å²) in [6.07, 6.45) is 4.67. The number of anilines is 3. The van der Waals surface area contributed by atoms with E-state index in [2.05, 4.69) is 26.2 Å². The predicted molar refractivity (Wildman–Crippen MR) is 148 cm³/mol. The monoisotopic (exact) mass is 508 g/mol. The minimum atomic E-state index is -0.134. The first-order valence-electron chi connectivity index (χ1n) is 12.5. The quantitative estimate of drug-likeness (QED) is 0.148. The number of carbonyl (C=O) groups is 2. The van der Waals surface area contributed by atoms with E-state index in [0.717, 1.165) is 30.3 Å². The number of ketones is 2. The second-order valence-electron chi connectivity index (χ2n) is 9.14. The molecule has 0 fully saturated rings. The number of azo groups is 1. The summed E-state index contributed by atoms with van der Waals surface area (Å²) < 4.78 is 3.82. The number of hydrogen-bond acceptors (Lipinski definition) is 7. The van der Waals surface area contributed by atoms with Gasteiger partial charge in [0.25, 0.3) is 0 Å². The maximum absolute atomic E-state index is 13.3. The van der Waals surface area contributed by atoms with Crippen molar-refractivity contribution in [1.29, 1.82) is 0 Å². The first-order chi connectivity index (χ1) is 18.5. The van der Waals surface area contributed by atoms with E-state index in [4.69, 9.17) is 0 Å². The van der Waals surface area contributed by atoms with Crippen molar-refractivity contribution >= 4 is 40.3 Å². The van der Waals surface area contributed by atoms with Gasteiger partial charge in [0.1, 0.15) is 5.69 Å². The molecule has 0 saturated carbocycles. The van der Waals surface area contributed by atoms with E-state index in [1.54, 1.807) is 31.3 Å². The van der Waals surface area contributed by atoms with Crippen molar-refractivity contribution < 1.29 is 14.2 Å². The van der Waals surface area contributed by atoms with E-state index in [1.165, 1.54) is 0 Å². The zero-order valence-electron chi connectivity index (χ0n) is 21.7. The molecular formula is C29H30N7O2+. The van der Waals surface area contributed by atoms with Gasteiger partial charge in [0.15, 0.2) is 11.6 Å². The van der Waals surface area contributed by atoms with Crippen molar-refractivity contribution in [2.45, 2.75) is 6.42 Å². The fourth-order valence-corrected chi connectivity index (χ4v) is 4.59. The van der Waals surface area contributed by atoms with Crippen molar-refractivity contribution in [2.24, 2.45) is 24.3 Å². The molecule has 1 aliphatic rings. The Kier molecular flexibility index (Phi) is 6.99. The molecule has 0 saturated heterocycles. The van der Waals surface area contributed by atoms with E-state index in [9.17, 15) is 9.59 Å². The number of fused-ring (bicyclic) bond motifs is 2. The number of benzene rings is 3. The van der Waals surface area contributed by atoms with Crippen LogP contribution < -0.4 is 20.5 Å². The van der Waals surface area contributed by atoms with Crippen LogP contribution in [0, 0.1) is 0 Å². The second kappa shape index (κ2) is 10.7. The lowest BCUT2D eigenvalue weighted by Gasteiger charge is -2.23. The van der Waals surface area contributed by atoms with Crippen LogP contribution >= 0.6 is 0 Å². The van der Waals surface area contributed by atoms with Crippen LogP contribution in [0.1, 0.15) is 38.3 Å². The Hall–Kier alpha value is -4.79. The van der Waals surface area contributed by atoms with Crippen LogP contribution in [0.4, 0.5) is 28.7 Å². The molecule has 38 heavy (non-hydrogen) atoms. The van der Waals surface area contributed by atoms with Gasteiger partial charge in [-0.1, -0.05) is 29.4 Å². The normalized spacial score (nSPS) is 12.4. The van der Waals surface area contributed by atoms with Crippen molar-refractivity contribution in [1.82, 2.24) is 4.57 Å². The van der Waals surface area contributed by atoms with Gasteiger partial charge < -0.3 is 16.0 Å². The molecule has 1 aromatic heterocycles. The van der Waals surface area contributed by atoms with Gasteiger partial charge in [-0.15, -0.1) is 0 Å². The smallest absolute Gasteiger partial charge is 0.388 e. The lowest BCUT2D eigenvalue weighted by molar-refractivity contribution is -0.657. The van der Waals surface area contributed by atoms with Gasteiger partial charge in [-0.3, -0.25) is 9.59 Å². The average molecular weight is 509 g/mol. The molecule has 3 N–H and O–H groups in total. The second-order valence-corrected chi connectivity index (χ2v) is 9.14. The zero-order valence-corrected chi connectivity index (χ0v) is 21.7. The highest BCUT2D eigenvalue weighted by Crippen LogP contribution is 2.36. The SMILES string of the molecule is CNc1ccc(NCCCNc2ccc(N=Nc3n(C)cc[n+]3C)cc2)c2c1C(=O)c1ccccc1C2=O. The maximum atomic E-state index is 13.3. The fourth-order valence-electron chi connectivity index (χ4n) is 4.59. The molecule has 0 amide bonds. The average Bonchev–Trinajstić information content (AvgIpc) is 3.27. The molecule has 0 atom stereocenters. The van der Waals surface area contributed by atoms with E-state index < -0.39 is 0 Å². The van der Waals surface area contributed by atoms with Crippen LogP contribution in [0.5, 0.6) is 0 Å². The minimum Gasteiger partial charge on any atom is -0.388 e. The molecule has 3 aromatic carbocycles. The number of imidazole rings is 1. The van der Waals surface area contributed by atoms with Crippen LogP contribution in [0.25, 0.3) is 0 Å². The molecule has 4 aromatic rings. The molecule has 0 radical (unpaired) electrons. The van der Waals surface area contributed by atoms with Crippen molar-refractivity contribution in [3.05, 3.63) is 95.3 Å². The first kappa shape index (κ1) is 24.9. The van der Waals surface area contributed by atoms with Crippen LogP contribution in [0.2, 0.25) is 0 Å². The number of carbonyl (C=O) groups excluding carboxylic acids is 2. The highest BCUT2D eigenvalue weighted by molar-refractivity contribution is 6.31. The highest BCUT2D eigenvalue weighted by atomic mass is 16.1. The highest BCUT2D eigenvalue weighted by Gasteiger charge is 2.33.